The molecule has 0 aromatic carbocycles. The molecule has 3 amide bonds. The first-order valence-electron chi connectivity index (χ1n) is 8.49. The maximum atomic E-state index is 11.9. The third-order valence-electron chi connectivity index (χ3n) is 4.86. The topological polar surface area (TPSA) is 70.2 Å². The number of amides is 3. The maximum absolute atomic E-state index is 11.9. The molecule has 0 aromatic heterocycles. The zero-order valence-corrected chi connectivity index (χ0v) is 13.1. The van der Waals surface area contributed by atoms with Crippen molar-refractivity contribution in [2.24, 2.45) is 11.8 Å². The molecule has 0 radical (unpaired) electrons. The minimum Gasteiger partial charge on any atom is -0.354 e. The van der Waals surface area contributed by atoms with Gasteiger partial charge in [0.25, 0.3) is 0 Å². The molecule has 0 heterocycles. The molecule has 0 spiro atoms. The summed E-state index contributed by atoms with van der Waals surface area (Å²) in [5.41, 5.74) is 0. The highest BCUT2D eigenvalue weighted by atomic mass is 16.2. The Balaban J connectivity index is 1.54. The summed E-state index contributed by atoms with van der Waals surface area (Å²) >= 11 is 0. The van der Waals surface area contributed by atoms with Crippen LogP contribution in [0, 0.1) is 11.8 Å². The summed E-state index contributed by atoms with van der Waals surface area (Å²) in [6, 6.07) is 0.197. The van der Waals surface area contributed by atoms with E-state index in [0.717, 1.165) is 32.1 Å². The van der Waals surface area contributed by atoms with Crippen LogP contribution in [0.4, 0.5) is 4.79 Å². The zero-order chi connectivity index (χ0) is 15.1. The number of hydrogen-bond acceptors (Lipinski definition) is 2. The average molecular weight is 295 g/mol. The molecule has 2 saturated carbocycles. The number of carbonyl (C=O) groups is 2. The molecule has 5 heteroatoms. The first-order valence-corrected chi connectivity index (χ1v) is 8.49. The zero-order valence-electron chi connectivity index (χ0n) is 13.1. The Kier molecular flexibility index (Phi) is 6.33. The molecule has 5 nitrogen and oxygen atoms in total. The van der Waals surface area contributed by atoms with Crippen LogP contribution in [0.2, 0.25) is 0 Å². The Morgan fingerprint density at radius 2 is 1.62 bits per heavy atom. The van der Waals surface area contributed by atoms with Crippen molar-refractivity contribution in [3.05, 3.63) is 0 Å². The molecule has 2 aliphatic carbocycles. The van der Waals surface area contributed by atoms with Crippen molar-refractivity contribution in [2.75, 3.05) is 13.1 Å². The van der Waals surface area contributed by atoms with E-state index in [9.17, 15) is 9.59 Å². The molecule has 21 heavy (non-hydrogen) atoms. The van der Waals surface area contributed by atoms with Crippen LogP contribution in [0.1, 0.15) is 58.3 Å². The highest BCUT2D eigenvalue weighted by Crippen LogP contribution is 2.24. The Bertz CT molecular complexity index is 353. The van der Waals surface area contributed by atoms with Crippen LogP contribution < -0.4 is 16.0 Å². The van der Waals surface area contributed by atoms with E-state index in [-0.39, 0.29) is 17.9 Å². The lowest BCUT2D eigenvalue weighted by Gasteiger charge is -2.21. The van der Waals surface area contributed by atoms with E-state index in [1.165, 1.54) is 19.3 Å². The van der Waals surface area contributed by atoms with Gasteiger partial charge < -0.3 is 16.0 Å². The lowest BCUT2D eigenvalue weighted by molar-refractivity contribution is -0.125. The van der Waals surface area contributed by atoms with E-state index in [2.05, 4.69) is 22.9 Å². The fourth-order valence-electron chi connectivity index (χ4n) is 3.45. The van der Waals surface area contributed by atoms with Crippen molar-refractivity contribution < 1.29 is 9.59 Å². The maximum Gasteiger partial charge on any atom is 0.315 e. The van der Waals surface area contributed by atoms with E-state index >= 15 is 0 Å². The van der Waals surface area contributed by atoms with Crippen LogP contribution in [-0.2, 0) is 4.79 Å². The molecule has 2 rings (SSSR count). The molecule has 0 saturated heterocycles. The summed E-state index contributed by atoms with van der Waals surface area (Å²) in [5, 5.41) is 8.77. The van der Waals surface area contributed by atoms with E-state index in [1.54, 1.807) is 0 Å². The van der Waals surface area contributed by atoms with E-state index in [4.69, 9.17) is 0 Å². The van der Waals surface area contributed by atoms with E-state index < -0.39 is 0 Å². The van der Waals surface area contributed by atoms with Gasteiger partial charge in [-0.2, -0.15) is 0 Å². The molecular weight excluding hydrogens is 266 g/mol. The van der Waals surface area contributed by atoms with Crippen molar-refractivity contribution in [2.45, 2.75) is 64.3 Å². The van der Waals surface area contributed by atoms with Crippen molar-refractivity contribution in [1.82, 2.24) is 16.0 Å². The molecule has 3 N–H and O–H groups in total. The molecule has 0 aromatic rings. The summed E-state index contributed by atoms with van der Waals surface area (Å²) in [4.78, 5) is 23.7. The second kappa shape index (κ2) is 8.25. The molecule has 0 bridgehead atoms. The van der Waals surface area contributed by atoms with Gasteiger partial charge in [0, 0.05) is 25.0 Å². The summed E-state index contributed by atoms with van der Waals surface area (Å²) in [5.74, 6) is 0.912. The van der Waals surface area contributed by atoms with Crippen LogP contribution in [0.25, 0.3) is 0 Å². The van der Waals surface area contributed by atoms with Crippen LogP contribution >= 0.6 is 0 Å². The minimum atomic E-state index is -0.110. The number of carbonyl (C=O) groups excluding carboxylic acids is 2. The van der Waals surface area contributed by atoms with Gasteiger partial charge in [-0.15, -0.1) is 0 Å². The van der Waals surface area contributed by atoms with Gasteiger partial charge in [-0.05, 0) is 31.6 Å². The van der Waals surface area contributed by atoms with Gasteiger partial charge >= 0.3 is 6.03 Å². The van der Waals surface area contributed by atoms with Crippen molar-refractivity contribution in [3.8, 4) is 0 Å². The van der Waals surface area contributed by atoms with Crippen molar-refractivity contribution >= 4 is 11.9 Å². The van der Waals surface area contributed by atoms with E-state index in [1.807, 2.05) is 0 Å². The standard InChI is InChI=1S/C16H29N3O2/c1-12-6-5-9-14(12)19-16(21)18-11-10-17-15(20)13-7-3-2-4-8-13/h12-14H,2-11H2,1H3,(H,17,20)(H2,18,19,21). The second-order valence-corrected chi connectivity index (χ2v) is 6.54. The predicted molar refractivity (Wildman–Crippen MR) is 82.9 cm³/mol. The highest BCUT2D eigenvalue weighted by Gasteiger charge is 2.24. The SMILES string of the molecule is CC1CCCC1NC(=O)NCCNC(=O)C1CCCCC1. The third-order valence-corrected chi connectivity index (χ3v) is 4.86. The van der Waals surface area contributed by atoms with Gasteiger partial charge in [-0.1, -0.05) is 32.6 Å². The summed E-state index contributed by atoms with van der Waals surface area (Å²) in [7, 11) is 0. The normalized spacial score (nSPS) is 26.3. The third kappa shape index (κ3) is 5.21. The van der Waals surface area contributed by atoms with Crippen LogP contribution in [-0.4, -0.2) is 31.1 Å². The Hall–Kier alpha value is -1.26. The Labute approximate surface area is 127 Å². The fraction of sp³-hybridized carbons (Fsp3) is 0.875. The number of rotatable bonds is 5. The molecule has 2 fully saturated rings. The average Bonchev–Trinajstić information content (AvgIpc) is 2.89. The lowest BCUT2D eigenvalue weighted by Crippen LogP contribution is -2.45. The largest absolute Gasteiger partial charge is 0.354 e. The lowest BCUT2D eigenvalue weighted by atomic mass is 9.89. The van der Waals surface area contributed by atoms with Crippen molar-refractivity contribution in [1.29, 1.82) is 0 Å². The first kappa shape index (κ1) is 16.1. The van der Waals surface area contributed by atoms with E-state index in [0.29, 0.717) is 25.0 Å². The Morgan fingerprint density at radius 3 is 2.29 bits per heavy atom. The van der Waals surface area contributed by atoms with Crippen LogP contribution in [0.5, 0.6) is 0 Å². The van der Waals surface area contributed by atoms with Crippen LogP contribution in [0.3, 0.4) is 0 Å². The molecule has 0 aliphatic heterocycles. The van der Waals surface area contributed by atoms with Gasteiger partial charge in [-0.3, -0.25) is 4.79 Å². The minimum absolute atomic E-state index is 0.110. The number of urea groups is 1. The highest BCUT2D eigenvalue weighted by molar-refractivity contribution is 5.78. The van der Waals surface area contributed by atoms with Gasteiger partial charge in [0.2, 0.25) is 5.91 Å². The van der Waals surface area contributed by atoms with Crippen LogP contribution in [0.15, 0.2) is 0 Å². The first-order chi connectivity index (χ1) is 10.2. The fourth-order valence-corrected chi connectivity index (χ4v) is 3.45. The van der Waals surface area contributed by atoms with Gasteiger partial charge in [-0.25, -0.2) is 4.79 Å². The van der Waals surface area contributed by atoms with Gasteiger partial charge in [0.15, 0.2) is 0 Å². The molecule has 2 unspecified atom stereocenters. The predicted octanol–water partition coefficient (Wildman–Crippen LogP) is 2.17. The molecular formula is C16H29N3O2. The molecule has 120 valence electrons. The van der Waals surface area contributed by atoms with Gasteiger partial charge in [0.05, 0.1) is 0 Å². The second-order valence-electron chi connectivity index (χ2n) is 6.54. The molecule has 2 aliphatic rings. The smallest absolute Gasteiger partial charge is 0.315 e. The number of hydrogen-bond donors (Lipinski definition) is 3. The summed E-state index contributed by atoms with van der Waals surface area (Å²) < 4.78 is 0. The Morgan fingerprint density at radius 1 is 0.905 bits per heavy atom. The summed E-state index contributed by atoms with van der Waals surface area (Å²) in [6.07, 6.45) is 9.08. The van der Waals surface area contributed by atoms with Gasteiger partial charge in [0.1, 0.15) is 0 Å². The van der Waals surface area contributed by atoms with Crippen molar-refractivity contribution in [3.63, 3.8) is 0 Å². The quantitative estimate of drug-likeness (QED) is 0.680. The monoisotopic (exact) mass is 295 g/mol. The number of nitrogens with one attached hydrogen (secondary N) is 3. The summed E-state index contributed by atoms with van der Waals surface area (Å²) in [6.45, 7) is 3.19. The molecule has 2 atom stereocenters.